The van der Waals surface area contributed by atoms with Gasteiger partial charge in [-0.15, -0.1) is 0 Å². The molecule has 2 amide bonds. The summed E-state index contributed by atoms with van der Waals surface area (Å²) in [7, 11) is 1.47. The van der Waals surface area contributed by atoms with E-state index >= 15 is 0 Å². The molecule has 1 saturated heterocycles. The van der Waals surface area contributed by atoms with Gasteiger partial charge in [0.25, 0.3) is 11.1 Å². The highest BCUT2D eigenvalue weighted by Crippen LogP contribution is 2.36. The molecular formula is C21H19NO6S. The summed E-state index contributed by atoms with van der Waals surface area (Å²) in [6.45, 7) is 1.75. The van der Waals surface area contributed by atoms with E-state index in [1.54, 1.807) is 55.5 Å². The third kappa shape index (κ3) is 4.78. The van der Waals surface area contributed by atoms with E-state index in [1.807, 2.05) is 6.07 Å². The molecule has 0 radical (unpaired) electrons. The number of benzene rings is 2. The number of nitrogens with zero attached hydrogens (tertiary/aromatic N) is 1. The third-order valence-corrected chi connectivity index (χ3v) is 4.81. The summed E-state index contributed by atoms with van der Waals surface area (Å²) >= 11 is 0.874. The van der Waals surface area contributed by atoms with E-state index < -0.39 is 5.97 Å². The van der Waals surface area contributed by atoms with E-state index in [-0.39, 0.29) is 24.4 Å². The van der Waals surface area contributed by atoms with Gasteiger partial charge in [0.15, 0.2) is 18.1 Å². The van der Waals surface area contributed by atoms with Crippen LogP contribution in [0.3, 0.4) is 0 Å². The molecule has 1 aliphatic heterocycles. The summed E-state index contributed by atoms with van der Waals surface area (Å²) in [5.74, 6) is -0.0959. The summed E-state index contributed by atoms with van der Waals surface area (Å²) in [4.78, 5) is 37.9. The number of thioether (sulfide) groups is 1. The Morgan fingerprint density at radius 3 is 2.55 bits per heavy atom. The maximum Gasteiger partial charge on any atom is 0.344 e. The van der Waals surface area contributed by atoms with Crippen LogP contribution >= 0.6 is 11.8 Å². The van der Waals surface area contributed by atoms with Crippen molar-refractivity contribution in [3.8, 4) is 11.5 Å². The van der Waals surface area contributed by atoms with Crippen LogP contribution in [0.2, 0.25) is 0 Å². The number of esters is 1. The number of hydrogen-bond donors (Lipinski definition) is 0. The van der Waals surface area contributed by atoms with E-state index in [0.29, 0.717) is 27.7 Å². The molecule has 1 aliphatic rings. The third-order valence-electron chi connectivity index (χ3n) is 3.94. The summed E-state index contributed by atoms with van der Waals surface area (Å²) in [5.41, 5.74) is 1.18. The zero-order chi connectivity index (χ0) is 20.8. The van der Waals surface area contributed by atoms with Crippen molar-refractivity contribution in [2.75, 3.05) is 25.2 Å². The van der Waals surface area contributed by atoms with Crippen LogP contribution in [0.15, 0.2) is 53.4 Å². The van der Waals surface area contributed by atoms with Gasteiger partial charge < -0.3 is 14.2 Å². The average Bonchev–Trinajstić information content (AvgIpc) is 3.00. The zero-order valence-corrected chi connectivity index (χ0v) is 16.7. The van der Waals surface area contributed by atoms with Crippen LogP contribution in [-0.4, -0.2) is 37.4 Å². The second-order valence-corrected chi connectivity index (χ2v) is 6.85. The Hall–Kier alpha value is -3.26. The summed E-state index contributed by atoms with van der Waals surface area (Å²) in [6, 6.07) is 13.8. The van der Waals surface area contributed by atoms with Crippen LogP contribution in [0.25, 0.3) is 6.08 Å². The molecule has 8 heteroatoms. The maximum absolute atomic E-state index is 12.7. The summed E-state index contributed by atoms with van der Waals surface area (Å²) in [6.07, 6.45) is 1.62. The number of imide groups is 1. The molecule has 1 fully saturated rings. The van der Waals surface area contributed by atoms with Gasteiger partial charge >= 0.3 is 5.97 Å². The molecule has 7 nitrogen and oxygen atoms in total. The highest BCUT2D eigenvalue weighted by Gasteiger charge is 2.36. The van der Waals surface area contributed by atoms with E-state index in [9.17, 15) is 14.4 Å². The Balaban J connectivity index is 1.79. The molecule has 0 bridgehead atoms. The molecule has 150 valence electrons. The molecular weight excluding hydrogens is 394 g/mol. The molecule has 1 heterocycles. The van der Waals surface area contributed by atoms with E-state index in [2.05, 4.69) is 0 Å². The smallest absolute Gasteiger partial charge is 0.344 e. The first-order chi connectivity index (χ1) is 14.0. The first-order valence-corrected chi connectivity index (χ1v) is 9.64. The predicted molar refractivity (Wildman–Crippen MR) is 110 cm³/mol. The Labute approximate surface area is 172 Å². The molecule has 0 N–H and O–H groups in total. The van der Waals surface area contributed by atoms with E-state index in [1.165, 1.54) is 7.11 Å². The molecule has 3 rings (SSSR count). The van der Waals surface area contributed by atoms with Crippen LogP contribution < -0.4 is 14.4 Å². The number of amides is 2. The van der Waals surface area contributed by atoms with Gasteiger partial charge in [0.2, 0.25) is 0 Å². The van der Waals surface area contributed by atoms with Crippen molar-refractivity contribution in [2.24, 2.45) is 0 Å². The fraction of sp³-hybridized carbons (Fsp3) is 0.190. The number of hydrogen-bond acceptors (Lipinski definition) is 7. The minimum absolute atomic E-state index is 0.237. The molecule has 29 heavy (non-hydrogen) atoms. The minimum Gasteiger partial charge on any atom is -0.493 e. The van der Waals surface area contributed by atoms with Crippen LogP contribution in [-0.2, 0) is 14.3 Å². The number of carbonyl (C=O) groups excluding carboxylic acids is 3. The second kappa shape index (κ2) is 9.29. The highest BCUT2D eigenvalue weighted by atomic mass is 32.2. The minimum atomic E-state index is -0.479. The van der Waals surface area contributed by atoms with Crippen molar-refractivity contribution >= 4 is 40.6 Å². The molecule has 2 aromatic carbocycles. The van der Waals surface area contributed by atoms with Gasteiger partial charge in [-0.2, -0.15) is 0 Å². The van der Waals surface area contributed by atoms with Gasteiger partial charge in [-0.3, -0.25) is 9.59 Å². The lowest BCUT2D eigenvalue weighted by Gasteiger charge is -2.12. The lowest BCUT2D eigenvalue weighted by atomic mass is 10.2. The highest BCUT2D eigenvalue weighted by molar-refractivity contribution is 8.19. The summed E-state index contributed by atoms with van der Waals surface area (Å²) in [5, 5.41) is -0.353. The molecule has 0 unspecified atom stereocenters. The van der Waals surface area contributed by atoms with Gasteiger partial charge in [-0.25, -0.2) is 9.69 Å². The van der Waals surface area contributed by atoms with Crippen molar-refractivity contribution in [3.05, 3.63) is 59.0 Å². The predicted octanol–water partition coefficient (Wildman–Crippen LogP) is 3.88. The fourth-order valence-electron chi connectivity index (χ4n) is 2.65. The van der Waals surface area contributed by atoms with Crippen LogP contribution in [0.5, 0.6) is 11.5 Å². The first kappa shape index (κ1) is 20.5. The van der Waals surface area contributed by atoms with Crippen LogP contribution in [0.1, 0.15) is 12.5 Å². The average molecular weight is 413 g/mol. The standard InChI is InChI=1S/C21H19NO6S/c1-3-27-19(23)13-28-16-10-9-14(11-17(16)26-2)12-18-20(24)22(21(25)29-18)15-7-5-4-6-8-15/h4-12H,3,13H2,1-2H3/b18-12-. The van der Waals surface area contributed by atoms with Gasteiger partial charge in [0.1, 0.15) is 0 Å². The summed E-state index contributed by atoms with van der Waals surface area (Å²) < 4.78 is 15.6. The first-order valence-electron chi connectivity index (χ1n) is 8.83. The number of ether oxygens (including phenoxy) is 3. The van der Waals surface area contributed by atoms with E-state index in [4.69, 9.17) is 14.2 Å². The van der Waals surface area contributed by atoms with Gasteiger partial charge in [0.05, 0.1) is 24.3 Å². The Kier molecular flexibility index (Phi) is 6.56. The quantitative estimate of drug-likeness (QED) is 0.503. The van der Waals surface area contributed by atoms with Crippen molar-refractivity contribution in [1.82, 2.24) is 0 Å². The molecule has 0 atom stereocenters. The largest absolute Gasteiger partial charge is 0.493 e. The van der Waals surface area contributed by atoms with Crippen molar-refractivity contribution in [2.45, 2.75) is 6.92 Å². The topological polar surface area (TPSA) is 82.1 Å². The number of methoxy groups -OCH3 is 1. The fourth-order valence-corrected chi connectivity index (χ4v) is 3.49. The lowest BCUT2D eigenvalue weighted by Crippen LogP contribution is -2.27. The molecule has 0 aromatic heterocycles. The number of anilines is 1. The normalized spacial score (nSPS) is 15.0. The lowest BCUT2D eigenvalue weighted by molar-refractivity contribution is -0.145. The maximum atomic E-state index is 12.7. The van der Waals surface area contributed by atoms with Gasteiger partial charge in [0, 0.05) is 0 Å². The zero-order valence-electron chi connectivity index (χ0n) is 15.9. The van der Waals surface area contributed by atoms with Crippen molar-refractivity contribution < 1.29 is 28.6 Å². The van der Waals surface area contributed by atoms with Crippen LogP contribution in [0.4, 0.5) is 10.5 Å². The number of para-hydroxylation sites is 1. The molecule has 0 saturated carbocycles. The Morgan fingerprint density at radius 1 is 1.10 bits per heavy atom. The monoisotopic (exact) mass is 413 g/mol. The molecule has 2 aromatic rings. The number of carbonyl (C=O) groups is 3. The Bertz CT molecular complexity index is 957. The van der Waals surface area contributed by atoms with E-state index in [0.717, 1.165) is 16.7 Å². The van der Waals surface area contributed by atoms with Gasteiger partial charge in [-0.05, 0) is 54.6 Å². The second-order valence-electron chi connectivity index (χ2n) is 5.86. The van der Waals surface area contributed by atoms with Crippen LogP contribution in [0, 0.1) is 0 Å². The van der Waals surface area contributed by atoms with Crippen molar-refractivity contribution in [3.63, 3.8) is 0 Å². The molecule has 0 spiro atoms. The van der Waals surface area contributed by atoms with Gasteiger partial charge in [-0.1, -0.05) is 24.3 Å². The number of rotatable bonds is 7. The Morgan fingerprint density at radius 2 is 1.86 bits per heavy atom. The molecule has 0 aliphatic carbocycles. The van der Waals surface area contributed by atoms with Crippen molar-refractivity contribution in [1.29, 1.82) is 0 Å². The SMILES string of the molecule is CCOC(=O)COc1ccc(/C=C2\SC(=O)N(c3ccccc3)C2=O)cc1OC.